The van der Waals surface area contributed by atoms with Crippen molar-refractivity contribution in [3.05, 3.63) is 0 Å². The van der Waals surface area contributed by atoms with Crippen LogP contribution in [0, 0.1) is 0 Å². The Hall–Kier alpha value is -2.44. The maximum Gasteiger partial charge on any atom is 0.306 e. The van der Waals surface area contributed by atoms with Crippen LogP contribution in [0.3, 0.4) is 0 Å². The van der Waals surface area contributed by atoms with Crippen molar-refractivity contribution in [3.8, 4) is 0 Å². The third kappa shape index (κ3) is 18.9. The average molecular weight is 782 g/mol. The predicted octanol–water partition coefficient (Wildman–Crippen LogP) is 2.86. The second kappa shape index (κ2) is 28.9. The molecular weight excluding hydrogens is 712 g/mol. The van der Waals surface area contributed by atoms with Gasteiger partial charge in [-0.05, 0) is 25.7 Å². The predicted molar refractivity (Wildman–Crippen MR) is 193 cm³/mol. The van der Waals surface area contributed by atoms with E-state index in [1.165, 1.54) is 0 Å². The van der Waals surface area contributed by atoms with Gasteiger partial charge in [0.1, 0.15) is 37.1 Å². The smallest absolute Gasteiger partial charge is 0.306 e. The molecule has 0 amide bonds. The molecule has 0 saturated carbocycles. The van der Waals surface area contributed by atoms with Gasteiger partial charge in [0.25, 0.3) is 0 Å². The maximum absolute atomic E-state index is 13.4. The zero-order valence-electron chi connectivity index (χ0n) is 33.6. The van der Waals surface area contributed by atoms with Crippen molar-refractivity contribution in [3.63, 3.8) is 0 Å². The van der Waals surface area contributed by atoms with Crippen molar-refractivity contribution in [2.75, 3.05) is 13.2 Å². The first-order valence-electron chi connectivity index (χ1n) is 20.3. The summed E-state index contributed by atoms with van der Waals surface area (Å²) in [5.41, 5.74) is 0. The van der Waals surface area contributed by atoms with Gasteiger partial charge < -0.3 is 59.1 Å². The van der Waals surface area contributed by atoms with Crippen molar-refractivity contribution >= 4 is 23.9 Å². The molecular formula is C38H68O16. The standard InChI is InChI=1S/C38H68O16/c1-5-9-13-14-18-22-30(44)53-36-35(52-29(43)21-17-12-8-4)34(51-28(42)20-16-11-7-3)26(24-49-27(41)19-15-10-6-2)50-38(36)54-37(48)33(47)32(46)31(45)25(40)23-39/h25-26,31-40,45-48H,5-24H2,1-4H3/t25-,26-,31-,32+,33+,34-,35+,36+,37?,38?/m1/s1/i22D/t22?,25-,26-,31-,32+,33+,34-,35+,36+,37?,38?. The van der Waals surface area contributed by atoms with Crippen LogP contribution >= 0.6 is 0 Å². The van der Waals surface area contributed by atoms with E-state index in [4.69, 9.17) is 29.8 Å². The molecule has 0 spiro atoms. The van der Waals surface area contributed by atoms with Crippen molar-refractivity contribution in [2.45, 2.75) is 205 Å². The highest BCUT2D eigenvalue weighted by molar-refractivity contribution is 5.72. The Bertz CT molecular complexity index is 1080. The molecule has 11 atom stereocenters. The second-order valence-corrected chi connectivity index (χ2v) is 13.7. The van der Waals surface area contributed by atoms with Crippen molar-refractivity contribution in [2.24, 2.45) is 0 Å². The van der Waals surface area contributed by atoms with Crippen LogP contribution in [0.4, 0.5) is 0 Å². The fraction of sp³-hybridized carbons (Fsp3) is 0.895. The number of ether oxygens (including phenoxy) is 6. The number of esters is 4. The van der Waals surface area contributed by atoms with Gasteiger partial charge in [-0.2, -0.15) is 0 Å². The molecule has 54 heavy (non-hydrogen) atoms. The van der Waals surface area contributed by atoms with Gasteiger partial charge in [0.05, 0.1) is 6.61 Å². The minimum absolute atomic E-state index is 0.0349. The van der Waals surface area contributed by atoms with Crippen LogP contribution < -0.4 is 0 Å². The summed E-state index contributed by atoms with van der Waals surface area (Å²) in [5.74, 6) is -3.20. The molecule has 3 unspecified atom stereocenters. The van der Waals surface area contributed by atoms with Gasteiger partial charge >= 0.3 is 23.9 Å². The molecule has 1 heterocycles. The van der Waals surface area contributed by atoms with E-state index in [1.54, 1.807) is 0 Å². The lowest BCUT2D eigenvalue weighted by Crippen LogP contribution is -2.64. The lowest BCUT2D eigenvalue weighted by atomic mass is 9.97. The number of carbonyl (C=O) groups is 4. The quantitative estimate of drug-likeness (QED) is 0.0266. The number of unbranched alkanes of at least 4 members (excludes halogenated alkanes) is 9. The highest BCUT2D eigenvalue weighted by Crippen LogP contribution is 2.32. The lowest BCUT2D eigenvalue weighted by molar-refractivity contribution is -0.349. The first kappa shape index (κ1) is 47.7. The lowest BCUT2D eigenvalue weighted by Gasteiger charge is -2.45. The summed E-state index contributed by atoms with van der Waals surface area (Å²) in [7, 11) is 0. The zero-order valence-corrected chi connectivity index (χ0v) is 32.6. The summed E-state index contributed by atoms with van der Waals surface area (Å²) in [4.78, 5) is 52.6. The van der Waals surface area contributed by atoms with E-state index < -0.39 is 105 Å². The molecule has 0 aromatic rings. The van der Waals surface area contributed by atoms with Crippen molar-refractivity contribution < 1.29 is 79.6 Å². The third-order valence-corrected chi connectivity index (χ3v) is 8.96. The summed E-state index contributed by atoms with van der Waals surface area (Å²) in [6, 6.07) is 0. The molecule has 6 N–H and O–H groups in total. The van der Waals surface area contributed by atoms with E-state index in [1.807, 2.05) is 27.7 Å². The maximum atomic E-state index is 13.4. The first-order chi connectivity index (χ1) is 26.2. The minimum atomic E-state index is -2.45. The van der Waals surface area contributed by atoms with Crippen LogP contribution in [-0.2, 0) is 47.6 Å². The van der Waals surface area contributed by atoms with Crippen LogP contribution in [0.1, 0.15) is 145 Å². The third-order valence-electron chi connectivity index (χ3n) is 8.96. The number of hydrogen-bond donors (Lipinski definition) is 6. The highest BCUT2D eigenvalue weighted by atomic mass is 16.8. The van der Waals surface area contributed by atoms with Crippen LogP contribution in [0.15, 0.2) is 0 Å². The molecule has 16 heteroatoms. The van der Waals surface area contributed by atoms with Gasteiger partial charge in [0.15, 0.2) is 24.6 Å². The Balaban J connectivity index is 3.70. The topological polar surface area (TPSA) is 245 Å². The molecule has 0 radical (unpaired) electrons. The second-order valence-electron chi connectivity index (χ2n) is 13.7. The van der Waals surface area contributed by atoms with E-state index in [-0.39, 0.29) is 25.7 Å². The molecule has 1 rings (SSSR count). The molecule has 0 aromatic heterocycles. The number of aliphatic hydroxyl groups is 6. The van der Waals surface area contributed by atoms with E-state index in [9.17, 15) is 49.8 Å². The average Bonchev–Trinajstić information content (AvgIpc) is 3.16. The van der Waals surface area contributed by atoms with Gasteiger partial charge in [0.2, 0.25) is 6.29 Å². The van der Waals surface area contributed by atoms with Crippen LogP contribution in [0.5, 0.6) is 0 Å². The van der Waals surface area contributed by atoms with Crippen LogP contribution in [0.25, 0.3) is 0 Å². The van der Waals surface area contributed by atoms with Gasteiger partial charge in [-0.25, -0.2) is 0 Å². The summed E-state index contributed by atoms with van der Waals surface area (Å²) in [6.45, 7) is 6.27. The molecule has 1 saturated heterocycles. The highest BCUT2D eigenvalue weighted by Gasteiger charge is 2.54. The Morgan fingerprint density at radius 1 is 0.593 bits per heavy atom. The number of aliphatic hydroxyl groups excluding tert-OH is 6. The molecule has 1 aliphatic heterocycles. The number of hydrogen-bond acceptors (Lipinski definition) is 16. The van der Waals surface area contributed by atoms with Gasteiger partial charge in [-0.15, -0.1) is 0 Å². The largest absolute Gasteiger partial charge is 0.463 e. The molecule has 0 aromatic carbocycles. The Morgan fingerprint density at radius 2 is 1.07 bits per heavy atom. The van der Waals surface area contributed by atoms with Crippen LogP contribution in [-0.4, -0.2) is 129 Å². The number of rotatable bonds is 30. The summed E-state index contributed by atoms with van der Waals surface area (Å²) in [5, 5.41) is 61.2. The number of carbonyl (C=O) groups excluding carboxylic acids is 4. The molecule has 1 aliphatic rings. The van der Waals surface area contributed by atoms with Gasteiger partial charge in [0, 0.05) is 27.0 Å². The fourth-order valence-corrected chi connectivity index (χ4v) is 5.65. The Morgan fingerprint density at radius 3 is 1.61 bits per heavy atom. The van der Waals surface area contributed by atoms with Gasteiger partial charge in [-0.1, -0.05) is 91.9 Å². The molecule has 316 valence electrons. The normalized spacial score (nSPS) is 23.6. The van der Waals surface area contributed by atoms with E-state index >= 15 is 0 Å². The van der Waals surface area contributed by atoms with Crippen LogP contribution in [0.2, 0.25) is 0 Å². The Kier molecular flexibility index (Phi) is 25.5. The summed E-state index contributed by atoms with van der Waals surface area (Å²) >= 11 is 0. The van der Waals surface area contributed by atoms with E-state index in [0.717, 1.165) is 44.9 Å². The van der Waals surface area contributed by atoms with Crippen molar-refractivity contribution in [1.82, 2.24) is 0 Å². The Labute approximate surface area is 321 Å². The molecule has 16 nitrogen and oxygen atoms in total. The SMILES string of the molecule is [2H]C(CCCCCC)C(=O)O[C@@H]1C(OC(O)[C@@H](O)[C@@H](O)[C@H](O)[C@H](O)CO)O[C@H](COC(=O)CCCCC)[C@@H](OC(=O)CCCCC)[C@@H]1OC(=O)CCCCC. The minimum Gasteiger partial charge on any atom is -0.463 e. The monoisotopic (exact) mass is 781 g/mol. The fourth-order valence-electron chi connectivity index (χ4n) is 5.65. The zero-order chi connectivity index (χ0) is 41.3. The van der Waals surface area contributed by atoms with E-state index in [0.29, 0.717) is 38.5 Å². The molecule has 1 fully saturated rings. The van der Waals surface area contributed by atoms with Crippen molar-refractivity contribution in [1.29, 1.82) is 0 Å². The van der Waals surface area contributed by atoms with Gasteiger partial charge in [-0.3, -0.25) is 19.2 Å². The molecule has 0 aliphatic carbocycles. The van der Waals surface area contributed by atoms with E-state index in [2.05, 4.69) is 0 Å². The summed E-state index contributed by atoms with van der Waals surface area (Å²) < 4.78 is 43.0. The first-order valence-corrected chi connectivity index (χ1v) is 19.7. The molecule has 0 bridgehead atoms. The summed E-state index contributed by atoms with van der Waals surface area (Å²) in [6.07, 6.45) is -12.0.